The Hall–Kier alpha value is -2.78. The van der Waals surface area contributed by atoms with Crippen LogP contribution in [0.15, 0.2) is 60.7 Å². The Morgan fingerprint density at radius 3 is 1.53 bits per heavy atom. The van der Waals surface area contributed by atoms with E-state index >= 15 is 0 Å². The molecule has 0 amide bonds. The summed E-state index contributed by atoms with van der Waals surface area (Å²) in [6.45, 7) is 6.83. The summed E-state index contributed by atoms with van der Waals surface area (Å²) in [4.78, 5) is 2.31. The van der Waals surface area contributed by atoms with E-state index in [9.17, 15) is 0 Å². The van der Waals surface area contributed by atoms with Crippen molar-refractivity contribution in [3.8, 4) is 11.4 Å². The first kappa shape index (κ1) is 22.4. The summed E-state index contributed by atoms with van der Waals surface area (Å²) in [5, 5.41) is 6.83. The number of rotatable bonds is 8. The van der Waals surface area contributed by atoms with Gasteiger partial charge in [-0.05, 0) is 38.1 Å². The van der Waals surface area contributed by atoms with Gasteiger partial charge < -0.3 is 5.73 Å². The van der Waals surface area contributed by atoms with Gasteiger partial charge in [0.15, 0.2) is 0 Å². The quantitative estimate of drug-likeness (QED) is 0.322. The molecule has 4 rings (SSSR count). The fourth-order valence-electron chi connectivity index (χ4n) is 3.90. The Morgan fingerprint density at radius 1 is 0.750 bits per heavy atom. The summed E-state index contributed by atoms with van der Waals surface area (Å²) in [7, 11) is 0. The van der Waals surface area contributed by atoms with Crippen molar-refractivity contribution >= 4 is 24.4 Å². The lowest BCUT2D eigenvalue weighted by molar-refractivity contribution is 0.262. The Morgan fingerprint density at radius 2 is 1.16 bits per heavy atom. The first-order valence-electron chi connectivity index (χ1n) is 10.6. The SMILES string of the molecule is Cc1[nH]n(-c2ccccc2)c(=S)c1CN(CCN)Cc1c(C)[nH]n(-c2ccccc2)c1=S. The Balaban J connectivity index is 1.63. The Bertz CT molecular complexity index is 1200. The molecule has 0 aliphatic carbocycles. The average molecular weight is 465 g/mol. The van der Waals surface area contributed by atoms with Crippen molar-refractivity contribution in [3.63, 3.8) is 0 Å². The zero-order valence-electron chi connectivity index (χ0n) is 18.3. The number of aromatic nitrogens is 4. The van der Waals surface area contributed by atoms with Gasteiger partial charge in [-0.2, -0.15) is 0 Å². The zero-order chi connectivity index (χ0) is 22.7. The van der Waals surface area contributed by atoms with E-state index in [1.54, 1.807) is 0 Å². The third kappa shape index (κ3) is 4.54. The van der Waals surface area contributed by atoms with Crippen LogP contribution in [0.5, 0.6) is 0 Å². The summed E-state index contributed by atoms with van der Waals surface area (Å²) in [6, 6.07) is 20.2. The average Bonchev–Trinajstić information content (AvgIpc) is 3.25. The molecule has 8 heteroatoms. The molecule has 0 unspecified atom stereocenters. The molecule has 0 atom stereocenters. The second-order valence-corrected chi connectivity index (χ2v) is 8.66. The molecule has 0 radical (unpaired) electrons. The first-order valence-corrected chi connectivity index (χ1v) is 11.5. The van der Waals surface area contributed by atoms with Crippen molar-refractivity contribution in [1.29, 1.82) is 0 Å². The first-order chi connectivity index (χ1) is 15.5. The van der Waals surface area contributed by atoms with Gasteiger partial charge in [0.25, 0.3) is 0 Å². The standard InChI is InChI=1S/C24H28N6S2/c1-17-21(23(31)29(26-17)19-9-5-3-6-10-19)15-28(14-13-25)16-22-18(2)27-30(24(22)32)20-11-7-4-8-12-20/h3-12,26-27H,13-16,25H2,1-2H3. The van der Waals surface area contributed by atoms with Gasteiger partial charge >= 0.3 is 0 Å². The number of hydrogen-bond acceptors (Lipinski definition) is 4. The number of para-hydroxylation sites is 2. The van der Waals surface area contributed by atoms with E-state index in [1.807, 2.05) is 70.0 Å². The number of benzene rings is 2. The van der Waals surface area contributed by atoms with Crippen molar-refractivity contribution in [2.75, 3.05) is 13.1 Å². The monoisotopic (exact) mass is 464 g/mol. The number of nitrogens with zero attached hydrogens (tertiary/aromatic N) is 3. The molecule has 2 aromatic heterocycles. The van der Waals surface area contributed by atoms with Gasteiger partial charge in [-0.1, -0.05) is 60.8 Å². The van der Waals surface area contributed by atoms with E-state index in [1.165, 1.54) is 0 Å². The molecule has 0 aliphatic heterocycles. The van der Waals surface area contributed by atoms with E-state index in [2.05, 4.69) is 28.9 Å². The minimum atomic E-state index is 0.559. The van der Waals surface area contributed by atoms with E-state index in [4.69, 9.17) is 30.2 Å². The molecule has 0 spiro atoms. The van der Waals surface area contributed by atoms with Crippen LogP contribution >= 0.6 is 24.4 Å². The molecule has 4 N–H and O–H groups in total. The largest absolute Gasteiger partial charge is 0.329 e. The molecule has 2 aromatic carbocycles. The van der Waals surface area contributed by atoms with Crippen molar-refractivity contribution in [2.45, 2.75) is 26.9 Å². The van der Waals surface area contributed by atoms with Crippen LogP contribution in [0.1, 0.15) is 22.5 Å². The number of aryl methyl sites for hydroxylation is 2. The third-order valence-corrected chi connectivity index (χ3v) is 6.48. The predicted octanol–water partition coefficient (Wildman–Crippen LogP) is 4.96. The third-order valence-electron chi connectivity index (χ3n) is 5.62. The van der Waals surface area contributed by atoms with Gasteiger partial charge in [-0.3, -0.25) is 15.1 Å². The smallest absolute Gasteiger partial charge is 0.132 e. The predicted molar refractivity (Wildman–Crippen MR) is 135 cm³/mol. The summed E-state index contributed by atoms with van der Waals surface area (Å²) in [5.74, 6) is 0. The van der Waals surface area contributed by atoms with Crippen LogP contribution < -0.4 is 5.73 Å². The van der Waals surface area contributed by atoms with Crippen molar-refractivity contribution in [1.82, 2.24) is 24.5 Å². The van der Waals surface area contributed by atoms with E-state index < -0.39 is 0 Å². The zero-order valence-corrected chi connectivity index (χ0v) is 20.0. The van der Waals surface area contributed by atoms with Crippen molar-refractivity contribution in [3.05, 3.63) is 92.5 Å². The van der Waals surface area contributed by atoms with Crippen LogP contribution in [-0.4, -0.2) is 37.6 Å². The molecule has 0 saturated carbocycles. The van der Waals surface area contributed by atoms with Crippen LogP contribution in [0.2, 0.25) is 0 Å². The molecule has 0 fully saturated rings. The molecule has 0 bridgehead atoms. The molecule has 4 aromatic rings. The van der Waals surface area contributed by atoms with Crippen LogP contribution in [0.3, 0.4) is 0 Å². The minimum absolute atomic E-state index is 0.559. The molecule has 166 valence electrons. The fourth-order valence-corrected chi connectivity index (χ4v) is 4.63. The normalized spacial score (nSPS) is 11.4. The number of H-pyrrole nitrogens is 2. The molecule has 0 aliphatic rings. The minimum Gasteiger partial charge on any atom is -0.329 e. The molecule has 2 heterocycles. The molecular formula is C24H28N6S2. The lowest BCUT2D eigenvalue weighted by Gasteiger charge is -2.21. The van der Waals surface area contributed by atoms with Crippen LogP contribution in [0, 0.1) is 23.1 Å². The number of nitrogens with one attached hydrogen (secondary N) is 2. The number of nitrogens with two attached hydrogens (primary N) is 1. The second-order valence-electron chi connectivity index (χ2n) is 7.88. The Labute approximate surface area is 198 Å². The lowest BCUT2D eigenvalue weighted by Crippen LogP contribution is -2.29. The maximum absolute atomic E-state index is 5.96. The highest BCUT2D eigenvalue weighted by atomic mass is 32.1. The van der Waals surface area contributed by atoms with Crippen molar-refractivity contribution < 1.29 is 0 Å². The van der Waals surface area contributed by atoms with E-state index in [0.717, 1.165) is 49.7 Å². The highest BCUT2D eigenvalue weighted by Crippen LogP contribution is 2.20. The topological polar surface area (TPSA) is 70.7 Å². The van der Waals surface area contributed by atoms with Gasteiger partial charge in [-0.15, -0.1) is 0 Å². The maximum Gasteiger partial charge on any atom is 0.132 e. The van der Waals surface area contributed by atoms with Crippen LogP contribution in [0.25, 0.3) is 11.4 Å². The van der Waals surface area contributed by atoms with Gasteiger partial charge in [0.1, 0.15) is 9.28 Å². The van der Waals surface area contributed by atoms with Gasteiger partial charge in [0, 0.05) is 48.7 Å². The molecule has 32 heavy (non-hydrogen) atoms. The summed E-state index contributed by atoms with van der Waals surface area (Å²) in [6.07, 6.45) is 0. The summed E-state index contributed by atoms with van der Waals surface area (Å²) >= 11 is 11.6. The van der Waals surface area contributed by atoms with E-state index in [0.29, 0.717) is 19.6 Å². The van der Waals surface area contributed by atoms with Crippen molar-refractivity contribution in [2.24, 2.45) is 5.73 Å². The Kier molecular flexibility index (Phi) is 6.86. The summed E-state index contributed by atoms with van der Waals surface area (Å²) < 4.78 is 5.51. The second kappa shape index (κ2) is 9.79. The molecule has 6 nitrogen and oxygen atoms in total. The summed E-state index contributed by atoms with van der Waals surface area (Å²) in [5.41, 5.74) is 12.3. The fraction of sp³-hybridized carbons (Fsp3) is 0.250. The van der Waals surface area contributed by atoms with Gasteiger partial charge in [0.05, 0.1) is 11.4 Å². The maximum atomic E-state index is 5.96. The molecular weight excluding hydrogens is 436 g/mol. The highest BCUT2D eigenvalue weighted by molar-refractivity contribution is 7.71. The number of aromatic amines is 2. The highest BCUT2D eigenvalue weighted by Gasteiger charge is 2.17. The van der Waals surface area contributed by atoms with Crippen LogP contribution in [-0.2, 0) is 13.1 Å². The lowest BCUT2D eigenvalue weighted by atomic mass is 10.2. The van der Waals surface area contributed by atoms with Gasteiger partial charge in [0.2, 0.25) is 0 Å². The number of hydrogen-bond donors (Lipinski definition) is 3. The molecule has 0 saturated heterocycles. The van der Waals surface area contributed by atoms with Crippen LogP contribution in [0.4, 0.5) is 0 Å². The van der Waals surface area contributed by atoms with E-state index in [-0.39, 0.29) is 0 Å². The van der Waals surface area contributed by atoms with Gasteiger partial charge in [-0.25, -0.2) is 9.36 Å².